The van der Waals surface area contributed by atoms with Crippen molar-refractivity contribution < 1.29 is 5.11 Å². The number of fused-ring (bicyclic) bond motifs is 1. The largest absolute Gasteiger partial charge is 0.493 e. The molecule has 0 saturated carbocycles. The topological polar surface area (TPSA) is 54.6 Å². The highest BCUT2D eigenvalue weighted by Gasteiger charge is 2.17. The molecular weight excluding hydrogens is 412 g/mol. The van der Waals surface area contributed by atoms with Gasteiger partial charge in [-0.1, -0.05) is 57.6 Å². The Balaban J connectivity index is 1.63. The van der Waals surface area contributed by atoms with E-state index in [0.29, 0.717) is 17.8 Å². The Bertz CT molecular complexity index is 1080. The number of hydrogen-bond acceptors (Lipinski definition) is 4. The molecule has 2 aromatic carbocycles. The lowest BCUT2D eigenvalue weighted by Crippen LogP contribution is -2.13. The van der Waals surface area contributed by atoms with Gasteiger partial charge >= 0.3 is 4.87 Å². The quantitative estimate of drug-likeness (QED) is 0.646. The van der Waals surface area contributed by atoms with Crippen LogP contribution >= 0.6 is 27.3 Å². The lowest BCUT2D eigenvalue weighted by atomic mass is 10.1. The van der Waals surface area contributed by atoms with E-state index in [2.05, 4.69) is 20.9 Å². The Morgan fingerprint density at radius 2 is 2.00 bits per heavy atom. The molecule has 4 nitrogen and oxygen atoms in total. The van der Waals surface area contributed by atoms with E-state index in [1.54, 1.807) is 6.21 Å². The zero-order valence-electron chi connectivity index (χ0n) is 13.7. The molecule has 0 bridgehead atoms. The molecule has 1 N–H and O–H groups in total. The zero-order valence-corrected chi connectivity index (χ0v) is 16.1. The van der Waals surface area contributed by atoms with Crippen molar-refractivity contribution in [3.8, 4) is 5.88 Å². The van der Waals surface area contributed by atoms with Gasteiger partial charge in [-0.05, 0) is 36.3 Å². The molecule has 0 unspecified atom stereocenters. The van der Waals surface area contributed by atoms with E-state index in [9.17, 15) is 9.90 Å². The second kappa shape index (κ2) is 7.05. The SMILES string of the molecule is O=c1sc(C=C2C=Nc3ccc(Br)cc32)c(O)n1CCc1ccccc1. The summed E-state index contributed by atoms with van der Waals surface area (Å²) in [6.07, 6.45) is 4.27. The normalized spacial score (nSPS) is 14.1. The summed E-state index contributed by atoms with van der Waals surface area (Å²) in [5, 5.41) is 10.5. The van der Waals surface area contributed by atoms with Gasteiger partial charge in [0.05, 0.1) is 10.6 Å². The Morgan fingerprint density at radius 3 is 2.81 bits per heavy atom. The van der Waals surface area contributed by atoms with E-state index >= 15 is 0 Å². The van der Waals surface area contributed by atoms with Gasteiger partial charge in [0, 0.05) is 28.4 Å². The number of aryl methyl sites for hydroxylation is 1. The van der Waals surface area contributed by atoms with Crippen molar-refractivity contribution in [1.82, 2.24) is 4.57 Å². The van der Waals surface area contributed by atoms with Gasteiger partial charge in [-0.3, -0.25) is 14.4 Å². The molecule has 130 valence electrons. The van der Waals surface area contributed by atoms with Crippen molar-refractivity contribution in [1.29, 1.82) is 0 Å². The Labute approximate surface area is 162 Å². The minimum absolute atomic E-state index is 0.0141. The number of aromatic hydroxyl groups is 1. The van der Waals surface area contributed by atoms with E-state index in [0.717, 1.165) is 38.2 Å². The number of benzene rings is 2. The Kier molecular flexibility index (Phi) is 4.61. The van der Waals surface area contributed by atoms with Crippen LogP contribution in [-0.2, 0) is 13.0 Å². The number of aliphatic imine (C=N–C) groups is 1. The van der Waals surface area contributed by atoms with Gasteiger partial charge < -0.3 is 5.11 Å². The molecule has 0 amide bonds. The third kappa shape index (κ3) is 3.30. The summed E-state index contributed by atoms with van der Waals surface area (Å²) in [5.74, 6) is 0.0141. The molecule has 2 heterocycles. The van der Waals surface area contributed by atoms with E-state index in [1.807, 2.05) is 54.6 Å². The molecule has 0 fully saturated rings. The first-order valence-electron chi connectivity index (χ1n) is 8.14. The molecule has 4 rings (SSSR count). The van der Waals surface area contributed by atoms with Crippen LogP contribution in [0.4, 0.5) is 5.69 Å². The number of allylic oxidation sites excluding steroid dienone is 1. The average Bonchev–Trinajstić information content (AvgIpc) is 3.15. The molecular formula is C20H15BrN2O2S. The van der Waals surface area contributed by atoms with Crippen molar-refractivity contribution in [3.05, 3.63) is 78.7 Å². The van der Waals surface area contributed by atoms with Gasteiger partial charge in [0.2, 0.25) is 5.88 Å². The molecule has 1 aliphatic rings. The monoisotopic (exact) mass is 426 g/mol. The first kappa shape index (κ1) is 17.0. The molecule has 0 radical (unpaired) electrons. The van der Waals surface area contributed by atoms with Crippen molar-refractivity contribution in [2.45, 2.75) is 13.0 Å². The predicted octanol–water partition coefficient (Wildman–Crippen LogP) is 4.88. The van der Waals surface area contributed by atoms with Gasteiger partial charge in [0.1, 0.15) is 0 Å². The van der Waals surface area contributed by atoms with Gasteiger partial charge in [0.15, 0.2) is 0 Å². The fraction of sp³-hybridized carbons (Fsp3) is 0.100. The number of halogens is 1. The maximum Gasteiger partial charge on any atom is 0.310 e. The fourth-order valence-corrected chi connectivity index (χ4v) is 4.13. The Hall–Kier alpha value is -2.44. The molecule has 1 aliphatic heterocycles. The fourth-order valence-electron chi connectivity index (χ4n) is 2.91. The second-order valence-electron chi connectivity index (χ2n) is 5.96. The first-order valence-corrected chi connectivity index (χ1v) is 9.75. The minimum atomic E-state index is -0.158. The summed E-state index contributed by atoms with van der Waals surface area (Å²) in [6, 6.07) is 15.8. The maximum absolute atomic E-state index is 12.3. The summed E-state index contributed by atoms with van der Waals surface area (Å²) < 4.78 is 2.39. The van der Waals surface area contributed by atoms with Crippen molar-refractivity contribution in [3.63, 3.8) is 0 Å². The van der Waals surface area contributed by atoms with Crippen LogP contribution in [0.2, 0.25) is 0 Å². The molecule has 6 heteroatoms. The predicted molar refractivity (Wildman–Crippen MR) is 111 cm³/mol. The summed E-state index contributed by atoms with van der Waals surface area (Å²) in [6.45, 7) is 0.449. The third-order valence-electron chi connectivity index (χ3n) is 4.26. The van der Waals surface area contributed by atoms with Crippen LogP contribution < -0.4 is 4.87 Å². The van der Waals surface area contributed by atoms with Crippen LogP contribution in [-0.4, -0.2) is 15.9 Å². The highest BCUT2D eigenvalue weighted by molar-refractivity contribution is 9.10. The smallest absolute Gasteiger partial charge is 0.310 e. The summed E-state index contributed by atoms with van der Waals surface area (Å²) in [5.41, 5.74) is 3.88. The molecule has 0 atom stereocenters. The first-order chi connectivity index (χ1) is 12.6. The number of thiazole rings is 1. The lowest BCUT2D eigenvalue weighted by molar-refractivity contribution is 0.412. The van der Waals surface area contributed by atoms with E-state index in [1.165, 1.54) is 4.57 Å². The summed E-state index contributed by atoms with van der Waals surface area (Å²) in [7, 11) is 0. The van der Waals surface area contributed by atoms with Gasteiger partial charge in [-0.25, -0.2) is 0 Å². The number of nitrogens with zero attached hydrogens (tertiary/aromatic N) is 2. The average molecular weight is 427 g/mol. The van der Waals surface area contributed by atoms with E-state index < -0.39 is 0 Å². The molecule has 0 aliphatic carbocycles. The number of rotatable bonds is 4. The molecule has 0 spiro atoms. The maximum atomic E-state index is 12.3. The third-order valence-corrected chi connectivity index (χ3v) is 5.67. The van der Waals surface area contributed by atoms with Crippen LogP contribution in [0, 0.1) is 0 Å². The molecule has 1 aromatic heterocycles. The van der Waals surface area contributed by atoms with Gasteiger partial charge in [-0.2, -0.15) is 0 Å². The van der Waals surface area contributed by atoms with E-state index in [-0.39, 0.29) is 10.8 Å². The van der Waals surface area contributed by atoms with Gasteiger partial charge in [0.25, 0.3) is 0 Å². The zero-order chi connectivity index (χ0) is 18.1. The van der Waals surface area contributed by atoms with Crippen molar-refractivity contribution in [2.75, 3.05) is 0 Å². The molecule has 3 aromatic rings. The van der Waals surface area contributed by atoms with Crippen LogP contribution in [0.3, 0.4) is 0 Å². The number of aromatic nitrogens is 1. The standard InChI is InChI=1S/C20H15BrN2O2S/c21-15-6-7-17-16(11-15)14(12-22-17)10-18-19(24)23(20(25)26-18)9-8-13-4-2-1-3-5-13/h1-7,10-12,24H,8-9H2. The van der Waals surface area contributed by atoms with Crippen LogP contribution in [0.15, 0.2) is 62.8 Å². The van der Waals surface area contributed by atoms with Gasteiger partial charge in [-0.15, -0.1) is 0 Å². The van der Waals surface area contributed by atoms with Crippen molar-refractivity contribution in [2.24, 2.45) is 4.99 Å². The summed E-state index contributed by atoms with van der Waals surface area (Å²) in [4.78, 5) is 17.1. The molecule has 0 saturated heterocycles. The van der Waals surface area contributed by atoms with Crippen LogP contribution in [0.5, 0.6) is 5.88 Å². The minimum Gasteiger partial charge on any atom is -0.493 e. The summed E-state index contributed by atoms with van der Waals surface area (Å²) >= 11 is 4.52. The van der Waals surface area contributed by atoms with E-state index in [4.69, 9.17) is 0 Å². The number of hydrogen-bond donors (Lipinski definition) is 1. The van der Waals surface area contributed by atoms with Crippen LogP contribution in [0.1, 0.15) is 16.0 Å². The molecule has 26 heavy (non-hydrogen) atoms. The Morgan fingerprint density at radius 1 is 1.19 bits per heavy atom. The van der Waals surface area contributed by atoms with Crippen LogP contribution in [0.25, 0.3) is 11.6 Å². The lowest BCUT2D eigenvalue weighted by Gasteiger charge is -2.04. The second-order valence-corrected chi connectivity index (χ2v) is 7.87. The van der Waals surface area contributed by atoms with Crippen molar-refractivity contribution >= 4 is 50.8 Å². The highest BCUT2D eigenvalue weighted by Crippen LogP contribution is 2.36. The highest BCUT2D eigenvalue weighted by atomic mass is 79.9.